The Hall–Kier alpha value is -0.166. The lowest BCUT2D eigenvalue weighted by molar-refractivity contribution is -0.0489. The first-order valence-corrected chi connectivity index (χ1v) is 15.9. The molecule has 1 aliphatic rings. The minimum absolute atomic E-state index is 0.0188. The van der Waals surface area contributed by atoms with E-state index in [1.165, 1.54) is 0 Å². The highest BCUT2D eigenvalue weighted by Crippen LogP contribution is 2.43. The summed E-state index contributed by atoms with van der Waals surface area (Å²) in [5.41, 5.74) is 3.56. The average Bonchev–Trinajstić information content (AvgIpc) is 2.81. The van der Waals surface area contributed by atoms with E-state index >= 15 is 0 Å². The van der Waals surface area contributed by atoms with Gasteiger partial charge in [0.2, 0.25) is 0 Å². The summed E-state index contributed by atoms with van der Waals surface area (Å²) in [6.07, 6.45) is -1.26. The van der Waals surface area contributed by atoms with E-state index in [0.29, 0.717) is 16.6 Å². The third kappa shape index (κ3) is 4.76. The normalized spacial score (nSPS) is 26.9. The highest BCUT2D eigenvalue weighted by atomic mass is 28.4. The van der Waals surface area contributed by atoms with Crippen molar-refractivity contribution in [1.29, 1.82) is 0 Å². The Labute approximate surface area is 175 Å². The number of aliphatic hydroxyl groups excluding tert-OH is 1. The molecule has 0 aromatic heterocycles. The van der Waals surface area contributed by atoms with Crippen LogP contribution in [0.25, 0.3) is 0 Å². The maximum absolute atomic E-state index is 11.6. The zero-order chi connectivity index (χ0) is 22.1. The second-order valence-corrected chi connectivity index (χ2v) is 21.2. The van der Waals surface area contributed by atoms with Gasteiger partial charge in [-0.3, -0.25) is 0 Å². The summed E-state index contributed by atoms with van der Waals surface area (Å²) in [6.45, 7) is 24.4. The van der Waals surface area contributed by atoms with Gasteiger partial charge in [-0.05, 0) is 34.8 Å². The molecule has 0 amide bonds. The average molecular weight is 429 g/mol. The number of hydrogen-bond donors (Lipinski definition) is 2. The van der Waals surface area contributed by atoms with E-state index in [-0.39, 0.29) is 18.3 Å². The summed E-state index contributed by atoms with van der Waals surface area (Å²) in [5, 5.41) is 21.5. The molecule has 4 nitrogen and oxygen atoms in total. The highest BCUT2D eigenvalue weighted by Gasteiger charge is 2.54. The van der Waals surface area contributed by atoms with E-state index in [0.717, 1.165) is 0 Å². The van der Waals surface area contributed by atoms with Gasteiger partial charge in [-0.1, -0.05) is 68.2 Å². The fraction of sp³-hybridized carbons (Fsp3) is 0.909. The standard InChI is InChI=1S/C22H44O4Si2/c1-16(2)28(17(3)4,18(5)6)13-12-22(24)19(14-23)25-15-20(22)26-27(10,11)21(7,8)9/h16-20,23-24H,14-15H2,1-11H3/t19-,20+,22-/m1/s1. The molecule has 0 aliphatic carbocycles. The molecule has 2 N–H and O–H groups in total. The minimum atomic E-state index is -2.12. The molecule has 0 aromatic carbocycles. The Balaban J connectivity index is 3.42. The van der Waals surface area contributed by atoms with Crippen LogP contribution in [0.4, 0.5) is 0 Å². The van der Waals surface area contributed by atoms with Crippen molar-refractivity contribution in [3.8, 4) is 11.5 Å². The van der Waals surface area contributed by atoms with Gasteiger partial charge in [-0.15, -0.1) is 5.54 Å². The molecule has 1 rings (SSSR count). The van der Waals surface area contributed by atoms with Crippen LogP contribution in [0.3, 0.4) is 0 Å². The van der Waals surface area contributed by atoms with Crippen LogP contribution in [-0.2, 0) is 9.16 Å². The Morgan fingerprint density at radius 3 is 1.89 bits per heavy atom. The van der Waals surface area contributed by atoms with E-state index < -0.39 is 34.2 Å². The first kappa shape index (κ1) is 25.9. The number of aliphatic hydroxyl groups is 2. The third-order valence-electron chi connectivity index (χ3n) is 7.18. The Kier molecular flexibility index (Phi) is 8.23. The molecule has 1 heterocycles. The topological polar surface area (TPSA) is 58.9 Å². The highest BCUT2D eigenvalue weighted by molar-refractivity contribution is 6.90. The van der Waals surface area contributed by atoms with Crippen LogP contribution >= 0.6 is 0 Å². The maximum Gasteiger partial charge on any atom is 0.192 e. The zero-order valence-electron chi connectivity index (χ0n) is 20.0. The second-order valence-electron chi connectivity index (χ2n) is 10.8. The predicted octanol–water partition coefficient (Wildman–Crippen LogP) is 4.72. The maximum atomic E-state index is 11.6. The van der Waals surface area contributed by atoms with Crippen LogP contribution in [0.1, 0.15) is 62.3 Å². The van der Waals surface area contributed by atoms with Crippen LogP contribution in [0.5, 0.6) is 0 Å². The third-order valence-corrected chi connectivity index (χ3v) is 18.0. The van der Waals surface area contributed by atoms with Gasteiger partial charge in [0.1, 0.15) is 20.3 Å². The number of rotatable bonds is 6. The van der Waals surface area contributed by atoms with Gasteiger partial charge in [-0.2, -0.15) is 0 Å². The van der Waals surface area contributed by atoms with Gasteiger partial charge in [0.25, 0.3) is 0 Å². The van der Waals surface area contributed by atoms with Gasteiger partial charge < -0.3 is 19.4 Å². The lowest BCUT2D eigenvalue weighted by Gasteiger charge is -2.41. The molecule has 1 saturated heterocycles. The summed E-state index contributed by atoms with van der Waals surface area (Å²) in [5.74, 6) is 3.25. The molecule has 1 aliphatic heterocycles. The van der Waals surface area contributed by atoms with Crippen molar-refractivity contribution in [1.82, 2.24) is 0 Å². The molecule has 0 radical (unpaired) electrons. The molecule has 6 heteroatoms. The van der Waals surface area contributed by atoms with Crippen LogP contribution < -0.4 is 0 Å². The summed E-state index contributed by atoms with van der Waals surface area (Å²) in [7, 11) is -4.13. The summed E-state index contributed by atoms with van der Waals surface area (Å²) in [6, 6.07) is 0. The van der Waals surface area contributed by atoms with E-state index in [9.17, 15) is 10.2 Å². The zero-order valence-corrected chi connectivity index (χ0v) is 22.0. The summed E-state index contributed by atoms with van der Waals surface area (Å²) in [4.78, 5) is 0. The largest absolute Gasteiger partial charge is 0.407 e. The SMILES string of the molecule is CC(C)[Si](C#C[C@]1(O)[C@@H](O[Si](C)(C)C(C)(C)C)CO[C@@H]1CO)(C(C)C)C(C)C. The molecule has 0 spiro atoms. The van der Waals surface area contributed by atoms with Crippen molar-refractivity contribution in [2.24, 2.45) is 0 Å². The van der Waals surface area contributed by atoms with Crippen molar-refractivity contribution >= 4 is 16.4 Å². The van der Waals surface area contributed by atoms with E-state index in [2.05, 4.69) is 86.9 Å². The molecular formula is C22H44O4Si2. The van der Waals surface area contributed by atoms with Crippen LogP contribution in [0, 0.1) is 11.5 Å². The van der Waals surface area contributed by atoms with E-state index in [1.807, 2.05) is 0 Å². The monoisotopic (exact) mass is 428 g/mol. The van der Waals surface area contributed by atoms with E-state index in [4.69, 9.17) is 9.16 Å². The van der Waals surface area contributed by atoms with Gasteiger partial charge in [-0.25, -0.2) is 0 Å². The fourth-order valence-corrected chi connectivity index (χ4v) is 10.9. The minimum Gasteiger partial charge on any atom is -0.407 e. The fourth-order valence-electron chi connectivity index (χ4n) is 4.32. The number of hydrogen-bond acceptors (Lipinski definition) is 4. The summed E-state index contributed by atoms with van der Waals surface area (Å²) < 4.78 is 12.3. The smallest absolute Gasteiger partial charge is 0.192 e. The Morgan fingerprint density at radius 1 is 1.07 bits per heavy atom. The van der Waals surface area contributed by atoms with Gasteiger partial charge in [0.05, 0.1) is 13.2 Å². The van der Waals surface area contributed by atoms with Crippen LogP contribution in [-0.4, -0.2) is 57.6 Å². The first-order chi connectivity index (χ1) is 12.6. The van der Waals surface area contributed by atoms with Crippen molar-refractivity contribution in [3.05, 3.63) is 0 Å². The van der Waals surface area contributed by atoms with Crippen molar-refractivity contribution in [3.63, 3.8) is 0 Å². The van der Waals surface area contributed by atoms with Gasteiger partial charge >= 0.3 is 0 Å². The molecular weight excluding hydrogens is 384 g/mol. The molecule has 1 fully saturated rings. The molecule has 0 unspecified atom stereocenters. The Morgan fingerprint density at radius 2 is 1.54 bits per heavy atom. The van der Waals surface area contributed by atoms with Gasteiger partial charge in [0.15, 0.2) is 13.9 Å². The molecule has 164 valence electrons. The molecule has 0 bridgehead atoms. The van der Waals surface area contributed by atoms with Crippen molar-refractivity contribution in [2.45, 2.75) is 115 Å². The molecule has 28 heavy (non-hydrogen) atoms. The van der Waals surface area contributed by atoms with E-state index in [1.54, 1.807) is 0 Å². The van der Waals surface area contributed by atoms with Crippen LogP contribution in [0.2, 0.25) is 34.8 Å². The lowest BCUT2D eigenvalue weighted by Crippen LogP contribution is -2.55. The van der Waals surface area contributed by atoms with Gasteiger partial charge in [0, 0.05) is 0 Å². The summed E-state index contributed by atoms with van der Waals surface area (Å²) >= 11 is 0. The molecule has 0 saturated carbocycles. The first-order valence-electron chi connectivity index (χ1n) is 10.7. The lowest BCUT2D eigenvalue weighted by atomic mass is 9.95. The molecule has 0 aromatic rings. The quantitative estimate of drug-likeness (QED) is 0.475. The van der Waals surface area contributed by atoms with Crippen molar-refractivity contribution in [2.75, 3.05) is 13.2 Å². The molecule has 3 atom stereocenters. The predicted molar refractivity (Wildman–Crippen MR) is 123 cm³/mol. The van der Waals surface area contributed by atoms with Crippen molar-refractivity contribution < 1.29 is 19.4 Å². The number of ether oxygens (including phenoxy) is 1. The van der Waals surface area contributed by atoms with Crippen LogP contribution in [0.15, 0.2) is 0 Å². The second kappa shape index (κ2) is 8.91. The Bertz CT molecular complexity index is 562.